The Labute approximate surface area is 177 Å². The van der Waals surface area contributed by atoms with E-state index in [9.17, 15) is 14.4 Å². The molecule has 4 amide bonds. The summed E-state index contributed by atoms with van der Waals surface area (Å²) in [5.74, 6) is -0.472. The van der Waals surface area contributed by atoms with Crippen LogP contribution in [-0.4, -0.2) is 29.3 Å². The Kier molecular flexibility index (Phi) is 5.70. The third kappa shape index (κ3) is 3.95. The molecule has 0 radical (unpaired) electrons. The summed E-state index contributed by atoms with van der Waals surface area (Å²) in [5, 5.41) is 5.60. The van der Waals surface area contributed by atoms with E-state index in [1.165, 1.54) is 0 Å². The first-order valence-electron chi connectivity index (χ1n) is 10.1. The predicted octanol–water partition coefficient (Wildman–Crippen LogP) is 4.14. The molecule has 30 heavy (non-hydrogen) atoms. The highest BCUT2D eigenvalue weighted by Crippen LogP contribution is 2.30. The minimum absolute atomic E-state index is 0.336. The number of anilines is 1. The molecule has 0 saturated carbocycles. The van der Waals surface area contributed by atoms with E-state index >= 15 is 0 Å². The van der Waals surface area contributed by atoms with Crippen LogP contribution >= 0.6 is 0 Å². The first-order valence-corrected chi connectivity index (χ1v) is 10.1. The first kappa shape index (κ1) is 21.6. The number of carbonyl (C=O) groups is 3. The number of rotatable bonds is 5. The second-order valence-electron chi connectivity index (χ2n) is 8.55. The number of nitrogens with one attached hydrogen (secondary N) is 2. The van der Waals surface area contributed by atoms with Crippen LogP contribution in [0.15, 0.2) is 36.4 Å². The van der Waals surface area contributed by atoms with Crippen molar-refractivity contribution < 1.29 is 14.4 Å². The largest absolute Gasteiger partial charge is 0.325 e. The Bertz CT molecular complexity index is 988. The molecule has 2 aromatic rings. The molecule has 0 aliphatic carbocycles. The summed E-state index contributed by atoms with van der Waals surface area (Å²) in [6.45, 7) is 11.4. The zero-order valence-electron chi connectivity index (χ0n) is 18.4. The SMILES string of the molecule is Cc1cc(C)c(NC(=O)CN2C(=O)NC(C)(c3ccc(C(C)C)cc3)C2=O)c(C)c1. The fourth-order valence-corrected chi connectivity index (χ4v) is 3.94. The molecule has 2 aromatic carbocycles. The van der Waals surface area contributed by atoms with E-state index in [1.807, 2.05) is 57.2 Å². The quantitative estimate of drug-likeness (QED) is 0.731. The maximum Gasteiger partial charge on any atom is 0.325 e. The van der Waals surface area contributed by atoms with Crippen molar-refractivity contribution in [3.05, 3.63) is 64.2 Å². The Morgan fingerprint density at radius 1 is 1.07 bits per heavy atom. The Morgan fingerprint density at radius 3 is 2.17 bits per heavy atom. The van der Waals surface area contributed by atoms with Crippen LogP contribution in [0.4, 0.5) is 10.5 Å². The average Bonchev–Trinajstić information content (AvgIpc) is 2.89. The van der Waals surface area contributed by atoms with Gasteiger partial charge in [-0.3, -0.25) is 14.5 Å². The van der Waals surface area contributed by atoms with Crippen LogP contribution in [-0.2, 0) is 15.1 Å². The van der Waals surface area contributed by atoms with Crippen LogP contribution in [0, 0.1) is 20.8 Å². The molecule has 0 aromatic heterocycles. The zero-order valence-corrected chi connectivity index (χ0v) is 18.4. The lowest BCUT2D eigenvalue weighted by Gasteiger charge is -2.23. The molecule has 3 rings (SSSR count). The van der Waals surface area contributed by atoms with Crippen LogP contribution in [0.3, 0.4) is 0 Å². The lowest BCUT2D eigenvalue weighted by Crippen LogP contribution is -2.42. The molecular weight excluding hydrogens is 378 g/mol. The molecule has 1 aliphatic rings. The highest BCUT2D eigenvalue weighted by Gasteiger charge is 2.49. The topological polar surface area (TPSA) is 78.5 Å². The highest BCUT2D eigenvalue weighted by atomic mass is 16.2. The Balaban J connectivity index is 1.77. The number of aryl methyl sites for hydroxylation is 3. The number of imide groups is 1. The monoisotopic (exact) mass is 407 g/mol. The van der Waals surface area contributed by atoms with Crippen molar-refractivity contribution in [3.63, 3.8) is 0 Å². The van der Waals surface area contributed by atoms with Gasteiger partial charge in [0, 0.05) is 5.69 Å². The van der Waals surface area contributed by atoms with Crippen molar-refractivity contribution >= 4 is 23.5 Å². The van der Waals surface area contributed by atoms with Gasteiger partial charge < -0.3 is 10.6 Å². The molecule has 1 saturated heterocycles. The zero-order chi connectivity index (χ0) is 22.2. The Morgan fingerprint density at radius 2 is 1.63 bits per heavy atom. The summed E-state index contributed by atoms with van der Waals surface area (Å²) in [6, 6.07) is 11.0. The van der Waals surface area contributed by atoms with Crippen molar-refractivity contribution in [3.8, 4) is 0 Å². The number of carbonyl (C=O) groups excluding carboxylic acids is 3. The van der Waals surface area contributed by atoms with Gasteiger partial charge in [-0.2, -0.15) is 0 Å². The lowest BCUT2D eigenvalue weighted by molar-refractivity contribution is -0.133. The highest BCUT2D eigenvalue weighted by molar-refractivity contribution is 6.10. The van der Waals surface area contributed by atoms with E-state index in [0.717, 1.165) is 27.2 Å². The maximum absolute atomic E-state index is 13.1. The van der Waals surface area contributed by atoms with Gasteiger partial charge in [-0.05, 0) is 55.9 Å². The first-order chi connectivity index (χ1) is 14.0. The predicted molar refractivity (Wildman–Crippen MR) is 117 cm³/mol. The molecule has 1 fully saturated rings. The number of hydrogen-bond donors (Lipinski definition) is 2. The fraction of sp³-hybridized carbons (Fsp3) is 0.375. The van der Waals surface area contributed by atoms with E-state index in [-0.39, 0.29) is 6.54 Å². The molecule has 6 heteroatoms. The third-order valence-electron chi connectivity index (χ3n) is 5.67. The second-order valence-corrected chi connectivity index (χ2v) is 8.55. The molecule has 158 valence electrons. The number of benzene rings is 2. The molecule has 1 heterocycles. The molecule has 1 aliphatic heterocycles. The van der Waals surface area contributed by atoms with Crippen molar-refractivity contribution in [2.75, 3.05) is 11.9 Å². The third-order valence-corrected chi connectivity index (χ3v) is 5.67. The van der Waals surface area contributed by atoms with Gasteiger partial charge in [-0.25, -0.2) is 4.79 Å². The van der Waals surface area contributed by atoms with E-state index in [1.54, 1.807) is 6.92 Å². The maximum atomic E-state index is 13.1. The van der Waals surface area contributed by atoms with Crippen molar-refractivity contribution in [1.82, 2.24) is 10.2 Å². The van der Waals surface area contributed by atoms with Crippen LogP contribution in [0.5, 0.6) is 0 Å². The van der Waals surface area contributed by atoms with E-state index in [0.29, 0.717) is 17.2 Å². The molecule has 0 spiro atoms. The van der Waals surface area contributed by atoms with Gasteiger partial charge in [-0.1, -0.05) is 55.8 Å². The van der Waals surface area contributed by atoms with Crippen LogP contribution in [0.2, 0.25) is 0 Å². The summed E-state index contributed by atoms with van der Waals surface area (Å²) in [6.07, 6.45) is 0. The van der Waals surface area contributed by atoms with E-state index in [4.69, 9.17) is 0 Å². The van der Waals surface area contributed by atoms with Gasteiger partial charge in [0.25, 0.3) is 5.91 Å². The summed E-state index contributed by atoms with van der Waals surface area (Å²) < 4.78 is 0. The van der Waals surface area contributed by atoms with Gasteiger partial charge in [0.2, 0.25) is 5.91 Å². The summed E-state index contributed by atoms with van der Waals surface area (Å²) >= 11 is 0. The molecule has 1 atom stereocenters. The van der Waals surface area contributed by atoms with Gasteiger partial charge in [0.1, 0.15) is 12.1 Å². The summed E-state index contributed by atoms with van der Waals surface area (Å²) in [7, 11) is 0. The number of hydrogen-bond acceptors (Lipinski definition) is 3. The van der Waals surface area contributed by atoms with E-state index < -0.39 is 23.4 Å². The molecular formula is C24H29N3O3. The van der Waals surface area contributed by atoms with Crippen LogP contribution in [0.25, 0.3) is 0 Å². The minimum atomic E-state index is -1.19. The van der Waals surface area contributed by atoms with Crippen LogP contribution in [0.1, 0.15) is 54.5 Å². The standard InChI is InChI=1S/C24H29N3O3/c1-14(2)18-7-9-19(10-8-18)24(6)22(29)27(23(30)26-24)13-20(28)25-21-16(4)11-15(3)12-17(21)5/h7-12,14H,13H2,1-6H3,(H,25,28)(H,26,30). The second kappa shape index (κ2) is 7.94. The van der Waals surface area contributed by atoms with Gasteiger partial charge >= 0.3 is 6.03 Å². The average molecular weight is 408 g/mol. The molecule has 6 nitrogen and oxygen atoms in total. The van der Waals surface area contributed by atoms with Gasteiger partial charge in [0.15, 0.2) is 0 Å². The minimum Gasteiger partial charge on any atom is -0.324 e. The van der Waals surface area contributed by atoms with Gasteiger partial charge in [0.05, 0.1) is 0 Å². The molecule has 0 bridgehead atoms. The Hall–Kier alpha value is -3.15. The summed E-state index contributed by atoms with van der Waals surface area (Å²) in [5.41, 5.74) is 4.35. The summed E-state index contributed by atoms with van der Waals surface area (Å²) in [4.78, 5) is 39.2. The van der Waals surface area contributed by atoms with Crippen molar-refractivity contribution in [2.24, 2.45) is 0 Å². The van der Waals surface area contributed by atoms with Crippen molar-refractivity contribution in [2.45, 2.75) is 53.0 Å². The normalized spacial score (nSPS) is 18.7. The number of amides is 4. The van der Waals surface area contributed by atoms with Crippen molar-refractivity contribution in [1.29, 1.82) is 0 Å². The molecule has 2 N–H and O–H groups in total. The number of urea groups is 1. The molecule has 1 unspecified atom stereocenters. The fourth-order valence-electron chi connectivity index (χ4n) is 3.94. The lowest BCUT2D eigenvalue weighted by atomic mass is 9.90. The van der Waals surface area contributed by atoms with Gasteiger partial charge in [-0.15, -0.1) is 0 Å². The number of nitrogens with zero attached hydrogens (tertiary/aromatic N) is 1. The van der Waals surface area contributed by atoms with E-state index in [2.05, 4.69) is 24.5 Å². The smallest absolute Gasteiger partial charge is 0.324 e. The van der Waals surface area contributed by atoms with Crippen LogP contribution < -0.4 is 10.6 Å².